The smallest absolute Gasteiger partial charge is 0.0587 e. The van der Waals surface area contributed by atoms with E-state index in [-0.39, 0.29) is 0 Å². The molecule has 178 valence electrons. The number of hydrogen-bond acceptors (Lipinski definition) is 3. The van der Waals surface area contributed by atoms with Crippen molar-refractivity contribution in [3.63, 3.8) is 0 Å². The van der Waals surface area contributed by atoms with Gasteiger partial charge in [-0.1, -0.05) is 67.1 Å². The van der Waals surface area contributed by atoms with Gasteiger partial charge in [0.2, 0.25) is 0 Å². The van der Waals surface area contributed by atoms with Crippen molar-refractivity contribution < 1.29 is 0 Å². The summed E-state index contributed by atoms with van der Waals surface area (Å²) in [6.07, 6.45) is 21.3. The van der Waals surface area contributed by atoms with E-state index in [2.05, 4.69) is 77.7 Å². The molecule has 2 atom stereocenters. The Balaban J connectivity index is 0.000000371. The number of nitrogens with one attached hydrogen (secondary N) is 1. The zero-order valence-electron chi connectivity index (χ0n) is 21.1. The molecule has 2 unspecified atom stereocenters. The van der Waals surface area contributed by atoms with E-state index in [9.17, 15) is 0 Å². The zero-order valence-corrected chi connectivity index (χ0v) is 21.1. The predicted molar refractivity (Wildman–Crippen MR) is 145 cm³/mol. The second-order valence-corrected chi connectivity index (χ2v) is 10.0. The fourth-order valence-corrected chi connectivity index (χ4v) is 5.39. The summed E-state index contributed by atoms with van der Waals surface area (Å²) in [5.41, 5.74) is 6.52. The average Bonchev–Trinajstić information content (AvgIpc) is 2.89. The molecule has 0 saturated carbocycles. The van der Waals surface area contributed by atoms with Crippen LogP contribution in [0.2, 0.25) is 0 Å². The van der Waals surface area contributed by atoms with Crippen LogP contribution in [0.25, 0.3) is 12.2 Å². The fraction of sp³-hybridized carbons (Fsp3) is 0.312. The first-order valence-electron chi connectivity index (χ1n) is 12.9. The number of aromatic nitrogens is 2. The van der Waals surface area contributed by atoms with Gasteiger partial charge in [0.1, 0.15) is 0 Å². The lowest BCUT2D eigenvalue weighted by Gasteiger charge is -2.25. The molecule has 0 amide bonds. The van der Waals surface area contributed by atoms with E-state index in [0.717, 1.165) is 30.8 Å². The van der Waals surface area contributed by atoms with Crippen molar-refractivity contribution in [2.75, 3.05) is 6.54 Å². The molecule has 1 N–H and O–H groups in total. The number of benzene rings is 2. The minimum absolute atomic E-state index is 0.430. The Morgan fingerprint density at radius 2 is 1.83 bits per heavy atom. The molecule has 0 bridgehead atoms. The topological polar surface area (TPSA) is 37.8 Å². The van der Waals surface area contributed by atoms with Gasteiger partial charge in [0, 0.05) is 24.9 Å². The summed E-state index contributed by atoms with van der Waals surface area (Å²) >= 11 is 0. The molecule has 2 heterocycles. The molecule has 3 aromatic rings. The van der Waals surface area contributed by atoms with E-state index in [0.29, 0.717) is 11.8 Å². The van der Waals surface area contributed by atoms with Crippen LogP contribution in [-0.4, -0.2) is 16.5 Å². The Morgan fingerprint density at radius 1 is 0.943 bits per heavy atom. The van der Waals surface area contributed by atoms with Gasteiger partial charge >= 0.3 is 0 Å². The van der Waals surface area contributed by atoms with E-state index < -0.39 is 0 Å². The van der Waals surface area contributed by atoms with Gasteiger partial charge in [-0.2, -0.15) is 0 Å². The largest absolute Gasteiger partial charge is 0.387 e. The highest BCUT2D eigenvalue weighted by Gasteiger charge is 2.21. The van der Waals surface area contributed by atoms with Gasteiger partial charge in [-0.05, 0) is 89.7 Å². The van der Waals surface area contributed by atoms with Crippen molar-refractivity contribution in [1.82, 2.24) is 15.3 Å². The number of fused-ring (bicyclic) bond motifs is 4. The normalized spacial score (nSPS) is 19.1. The van der Waals surface area contributed by atoms with Gasteiger partial charge in [0.05, 0.1) is 11.4 Å². The lowest BCUT2D eigenvalue weighted by atomic mass is 9.79. The lowest BCUT2D eigenvalue weighted by molar-refractivity contribution is 0.645. The number of nitrogens with zero attached hydrogens (tertiary/aromatic N) is 2. The van der Waals surface area contributed by atoms with Crippen LogP contribution in [0.1, 0.15) is 53.8 Å². The minimum Gasteiger partial charge on any atom is -0.387 e. The third kappa shape index (κ3) is 5.30. The number of hydrogen-bond donors (Lipinski definition) is 1. The highest BCUT2D eigenvalue weighted by molar-refractivity contribution is 5.52. The van der Waals surface area contributed by atoms with Crippen LogP contribution < -0.4 is 15.8 Å². The van der Waals surface area contributed by atoms with E-state index in [1.807, 2.05) is 37.7 Å². The summed E-state index contributed by atoms with van der Waals surface area (Å²) in [4.78, 5) is 9.03. The first kappa shape index (κ1) is 23.3. The molecule has 1 aliphatic heterocycles. The molecule has 0 fully saturated rings. The lowest BCUT2D eigenvalue weighted by Crippen LogP contribution is -2.24. The number of aryl methyl sites for hydroxylation is 3. The Labute approximate surface area is 208 Å². The molecule has 3 nitrogen and oxygen atoms in total. The summed E-state index contributed by atoms with van der Waals surface area (Å²) in [6.45, 7) is 7.49. The molecule has 6 rings (SSSR count). The van der Waals surface area contributed by atoms with Gasteiger partial charge in [0.25, 0.3) is 0 Å². The van der Waals surface area contributed by atoms with Crippen molar-refractivity contribution in [1.29, 1.82) is 0 Å². The van der Waals surface area contributed by atoms with Crippen LogP contribution in [0.15, 0.2) is 67.2 Å². The molecule has 0 saturated heterocycles. The third-order valence-electron chi connectivity index (χ3n) is 7.20. The number of allylic oxidation sites excluding steroid dienone is 2. The monoisotopic (exact) mass is 461 g/mol. The second kappa shape index (κ2) is 10.4. The van der Waals surface area contributed by atoms with Gasteiger partial charge in [-0.15, -0.1) is 0 Å². The summed E-state index contributed by atoms with van der Waals surface area (Å²) < 4.78 is 0. The SMILES string of the molecule is C1=CCNC=C1.Cc1ccc2c(c1)=CC(CCc1cnc(C)cn1)c1c3c(ccc1=2)=CC(C)CC3. The van der Waals surface area contributed by atoms with E-state index >= 15 is 0 Å². The highest BCUT2D eigenvalue weighted by Crippen LogP contribution is 2.31. The Bertz CT molecular complexity index is 1470. The molecular formula is C32H35N3. The Kier molecular flexibility index (Phi) is 6.94. The van der Waals surface area contributed by atoms with Crippen LogP contribution in [0.5, 0.6) is 0 Å². The molecular weight excluding hydrogens is 426 g/mol. The first-order valence-corrected chi connectivity index (χ1v) is 12.9. The molecule has 3 heteroatoms. The van der Waals surface area contributed by atoms with E-state index in [4.69, 9.17) is 0 Å². The molecule has 2 aliphatic carbocycles. The molecule has 0 spiro atoms. The van der Waals surface area contributed by atoms with E-state index in [1.54, 1.807) is 11.1 Å². The van der Waals surface area contributed by atoms with E-state index in [1.165, 1.54) is 39.3 Å². The first-order chi connectivity index (χ1) is 17.1. The summed E-state index contributed by atoms with van der Waals surface area (Å²) in [6, 6.07) is 11.6. The van der Waals surface area contributed by atoms with Crippen LogP contribution in [0.4, 0.5) is 0 Å². The van der Waals surface area contributed by atoms with Crippen molar-refractivity contribution in [2.45, 2.75) is 52.4 Å². The summed E-state index contributed by atoms with van der Waals surface area (Å²) in [5.74, 6) is 1.10. The molecule has 2 aromatic carbocycles. The fourth-order valence-electron chi connectivity index (χ4n) is 5.39. The Hall–Kier alpha value is -3.46. The highest BCUT2D eigenvalue weighted by atomic mass is 14.8. The van der Waals surface area contributed by atoms with Crippen LogP contribution in [0.3, 0.4) is 0 Å². The van der Waals surface area contributed by atoms with Gasteiger partial charge in [-0.3, -0.25) is 9.97 Å². The van der Waals surface area contributed by atoms with Gasteiger partial charge < -0.3 is 5.32 Å². The average molecular weight is 462 g/mol. The maximum atomic E-state index is 4.59. The quantitative estimate of drug-likeness (QED) is 0.602. The minimum atomic E-state index is 0.430. The number of dihydropyridines is 1. The third-order valence-corrected chi connectivity index (χ3v) is 7.20. The predicted octanol–water partition coefficient (Wildman–Crippen LogP) is 4.91. The summed E-state index contributed by atoms with van der Waals surface area (Å²) in [5, 5.41) is 8.67. The van der Waals surface area contributed by atoms with Crippen LogP contribution in [-0.2, 0) is 12.8 Å². The molecule has 0 radical (unpaired) electrons. The second-order valence-electron chi connectivity index (χ2n) is 10.0. The van der Waals surface area contributed by atoms with Crippen LogP contribution in [0, 0.1) is 30.2 Å². The Morgan fingerprint density at radius 3 is 2.54 bits per heavy atom. The van der Waals surface area contributed by atoms with Gasteiger partial charge in [0.15, 0.2) is 0 Å². The summed E-state index contributed by atoms with van der Waals surface area (Å²) in [7, 11) is 0. The van der Waals surface area contributed by atoms with Crippen molar-refractivity contribution in [3.05, 3.63) is 116 Å². The van der Waals surface area contributed by atoms with Crippen molar-refractivity contribution in [2.24, 2.45) is 5.92 Å². The number of rotatable bonds is 3. The molecule has 35 heavy (non-hydrogen) atoms. The molecule has 3 aliphatic rings. The zero-order chi connectivity index (χ0) is 24.2. The van der Waals surface area contributed by atoms with Gasteiger partial charge in [-0.25, -0.2) is 0 Å². The van der Waals surface area contributed by atoms with Crippen molar-refractivity contribution in [3.8, 4) is 0 Å². The maximum absolute atomic E-state index is 4.59. The maximum Gasteiger partial charge on any atom is 0.0587 e. The standard InChI is InChI=1S/C27H28N2.C5H7N/c1-17-5-10-25-20(12-17)7-11-26-24-9-4-18(2)13-22(24)14-21(27(25)26)6-8-23-16-28-19(3)15-29-23;1-2-4-6-5-3-1/h4,7,9,11-17,21H,5-6,8,10H2,1-3H3;1-4,6H,5H2. The molecule has 1 aromatic heterocycles. The van der Waals surface area contributed by atoms with Crippen LogP contribution >= 0.6 is 0 Å². The van der Waals surface area contributed by atoms with Crippen molar-refractivity contribution >= 4 is 12.2 Å².